The SMILES string of the molecule is Cc1cccc(C(=O)Nc2ccc(C(=O)Nc3ccccn3)cc2)c1. The van der Waals surface area contributed by atoms with Crippen molar-refractivity contribution in [1.29, 1.82) is 0 Å². The quantitative estimate of drug-likeness (QED) is 0.762. The van der Waals surface area contributed by atoms with Crippen LogP contribution in [0.25, 0.3) is 0 Å². The molecule has 0 aliphatic rings. The lowest BCUT2D eigenvalue weighted by Gasteiger charge is -2.08. The molecule has 0 radical (unpaired) electrons. The molecule has 25 heavy (non-hydrogen) atoms. The van der Waals surface area contributed by atoms with E-state index >= 15 is 0 Å². The Hall–Kier alpha value is -3.47. The second-order valence-electron chi connectivity index (χ2n) is 5.57. The maximum Gasteiger partial charge on any atom is 0.256 e. The molecule has 5 heteroatoms. The van der Waals surface area contributed by atoms with E-state index in [1.807, 2.05) is 25.1 Å². The third-order valence-corrected chi connectivity index (χ3v) is 3.59. The molecule has 0 saturated carbocycles. The van der Waals surface area contributed by atoms with Gasteiger partial charge in [-0.3, -0.25) is 9.59 Å². The molecule has 1 heterocycles. The molecule has 2 aromatic carbocycles. The van der Waals surface area contributed by atoms with Crippen molar-refractivity contribution >= 4 is 23.3 Å². The molecule has 0 unspecified atom stereocenters. The highest BCUT2D eigenvalue weighted by atomic mass is 16.2. The summed E-state index contributed by atoms with van der Waals surface area (Å²) in [5.41, 5.74) is 2.73. The first-order chi connectivity index (χ1) is 12.1. The Morgan fingerprint density at radius 2 is 1.56 bits per heavy atom. The van der Waals surface area contributed by atoms with Crippen LogP contribution in [0.3, 0.4) is 0 Å². The van der Waals surface area contributed by atoms with Crippen molar-refractivity contribution in [1.82, 2.24) is 4.98 Å². The number of rotatable bonds is 4. The van der Waals surface area contributed by atoms with Gasteiger partial charge in [-0.05, 0) is 55.5 Å². The number of aryl methyl sites for hydroxylation is 1. The predicted octanol–water partition coefficient (Wildman–Crippen LogP) is 3.89. The van der Waals surface area contributed by atoms with Crippen molar-refractivity contribution in [2.45, 2.75) is 6.92 Å². The van der Waals surface area contributed by atoms with Gasteiger partial charge in [-0.15, -0.1) is 0 Å². The molecule has 0 aliphatic heterocycles. The first kappa shape index (κ1) is 16.4. The van der Waals surface area contributed by atoms with E-state index in [1.54, 1.807) is 54.7 Å². The van der Waals surface area contributed by atoms with Gasteiger partial charge in [0.2, 0.25) is 0 Å². The normalized spacial score (nSPS) is 10.1. The molecule has 0 fully saturated rings. The zero-order valence-electron chi connectivity index (χ0n) is 13.7. The van der Waals surface area contributed by atoms with E-state index in [0.29, 0.717) is 22.6 Å². The third kappa shape index (κ3) is 4.29. The lowest BCUT2D eigenvalue weighted by molar-refractivity contribution is 0.101. The van der Waals surface area contributed by atoms with Gasteiger partial charge in [0.15, 0.2) is 0 Å². The van der Waals surface area contributed by atoms with Gasteiger partial charge >= 0.3 is 0 Å². The highest BCUT2D eigenvalue weighted by molar-refractivity contribution is 6.06. The molecule has 0 saturated heterocycles. The fourth-order valence-electron chi connectivity index (χ4n) is 2.32. The topological polar surface area (TPSA) is 71.1 Å². The van der Waals surface area contributed by atoms with Gasteiger partial charge in [0.1, 0.15) is 5.82 Å². The minimum Gasteiger partial charge on any atom is -0.322 e. The summed E-state index contributed by atoms with van der Waals surface area (Å²) in [6, 6.07) is 19.4. The maximum atomic E-state index is 12.2. The first-order valence-electron chi connectivity index (χ1n) is 7.82. The standard InChI is InChI=1S/C20H17N3O2/c1-14-5-4-6-16(13-14)20(25)22-17-10-8-15(9-11-17)19(24)23-18-7-2-3-12-21-18/h2-13H,1H3,(H,22,25)(H,21,23,24). The van der Waals surface area contributed by atoms with Gasteiger partial charge in [-0.25, -0.2) is 4.98 Å². The average Bonchev–Trinajstić information content (AvgIpc) is 2.63. The molecule has 0 spiro atoms. The van der Waals surface area contributed by atoms with Crippen LogP contribution >= 0.6 is 0 Å². The Balaban J connectivity index is 1.66. The molecule has 3 aromatic rings. The largest absolute Gasteiger partial charge is 0.322 e. The lowest BCUT2D eigenvalue weighted by Crippen LogP contribution is -2.14. The number of carbonyl (C=O) groups excluding carboxylic acids is 2. The molecule has 5 nitrogen and oxygen atoms in total. The zero-order chi connectivity index (χ0) is 17.6. The minimum atomic E-state index is -0.254. The number of anilines is 2. The molecule has 2 N–H and O–H groups in total. The highest BCUT2D eigenvalue weighted by Crippen LogP contribution is 2.13. The van der Waals surface area contributed by atoms with Crippen LogP contribution in [0.5, 0.6) is 0 Å². The Morgan fingerprint density at radius 1 is 0.800 bits per heavy atom. The Morgan fingerprint density at radius 3 is 2.24 bits per heavy atom. The van der Waals surface area contributed by atoms with Crippen molar-refractivity contribution in [2.75, 3.05) is 10.6 Å². The zero-order valence-corrected chi connectivity index (χ0v) is 13.7. The summed E-state index contributed by atoms with van der Waals surface area (Å²) in [6.45, 7) is 1.94. The number of pyridine rings is 1. The van der Waals surface area contributed by atoms with E-state index in [-0.39, 0.29) is 11.8 Å². The van der Waals surface area contributed by atoms with Crippen molar-refractivity contribution in [2.24, 2.45) is 0 Å². The average molecular weight is 331 g/mol. The molecule has 0 atom stereocenters. The van der Waals surface area contributed by atoms with Gasteiger partial charge < -0.3 is 10.6 Å². The monoisotopic (exact) mass is 331 g/mol. The van der Waals surface area contributed by atoms with Crippen LogP contribution in [0.4, 0.5) is 11.5 Å². The summed E-state index contributed by atoms with van der Waals surface area (Å²) in [5, 5.41) is 5.53. The second kappa shape index (κ2) is 7.40. The third-order valence-electron chi connectivity index (χ3n) is 3.59. The fraction of sp³-hybridized carbons (Fsp3) is 0.0500. The molecule has 0 bridgehead atoms. The lowest BCUT2D eigenvalue weighted by atomic mass is 10.1. The summed E-state index contributed by atoms with van der Waals surface area (Å²) < 4.78 is 0. The number of nitrogens with one attached hydrogen (secondary N) is 2. The molecule has 1 aromatic heterocycles. The van der Waals surface area contributed by atoms with Crippen LogP contribution in [0.2, 0.25) is 0 Å². The minimum absolute atomic E-state index is 0.186. The summed E-state index contributed by atoms with van der Waals surface area (Å²) >= 11 is 0. The number of aromatic nitrogens is 1. The van der Waals surface area contributed by atoms with Gasteiger partial charge in [-0.2, -0.15) is 0 Å². The Kier molecular flexibility index (Phi) is 4.85. The molecular formula is C20H17N3O2. The van der Waals surface area contributed by atoms with E-state index in [4.69, 9.17) is 0 Å². The van der Waals surface area contributed by atoms with E-state index in [0.717, 1.165) is 5.56 Å². The van der Waals surface area contributed by atoms with E-state index < -0.39 is 0 Å². The Bertz CT molecular complexity index is 890. The van der Waals surface area contributed by atoms with Crippen molar-refractivity contribution < 1.29 is 9.59 Å². The van der Waals surface area contributed by atoms with Gasteiger partial charge in [0.05, 0.1) is 0 Å². The summed E-state index contributed by atoms with van der Waals surface area (Å²) in [4.78, 5) is 28.4. The summed E-state index contributed by atoms with van der Waals surface area (Å²) in [7, 11) is 0. The van der Waals surface area contributed by atoms with E-state index in [2.05, 4.69) is 15.6 Å². The van der Waals surface area contributed by atoms with Gasteiger partial charge in [0.25, 0.3) is 11.8 Å². The maximum absolute atomic E-state index is 12.2. The highest BCUT2D eigenvalue weighted by Gasteiger charge is 2.09. The number of carbonyl (C=O) groups is 2. The van der Waals surface area contributed by atoms with E-state index in [9.17, 15) is 9.59 Å². The molecule has 0 aliphatic carbocycles. The van der Waals surface area contributed by atoms with E-state index in [1.165, 1.54) is 0 Å². The van der Waals surface area contributed by atoms with Gasteiger partial charge in [-0.1, -0.05) is 23.8 Å². The van der Waals surface area contributed by atoms with Crippen molar-refractivity contribution in [3.63, 3.8) is 0 Å². The summed E-state index contributed by atoms with van der Waals surface area (Å²) in [6.07, 6.45) is 1.61. The second-order valence-corrected chi connectivity index (χ2v) is 5.57. The number of hydrogen-bond acceptors (Lipinski definition) is 3. The molecular weight excluding hydrogens is 314 g/mol. The number of nitrogens with zero attached hydrogens (tertiary/aromatic N) is 1. The number of amides is 2. The predicted molar refractivity (Wildman–Crippen MR) is 97.8 cm³/mol. The Labute approximate surface area is 145 Å². The van der Waals surface area contributed by atoms with Crippen LogP contribution in [0.1, 0.15) is 26.3 Å². The van der Waals surface area contributed by atoms with Crippen LogP contribution < -0.4 is 10.6 Å². The van der Waals surface area contributed by atoms with Crippen LogP contribution in [0, 0.1) is 6.92 Å². The van der Waals surface area contributed by atoms with Crippen LogP contribution in [-0.4, -0.2) is 16.8 Å². The van der Waals surface area contributed by atoms with Crippen molar-refractivity contribution in [3.8, 4) is 0 Å². The smallest absolute Gasteiger partial charge is 0.256 e. The van der Waals surface area contributed by atoms with Crippen molar-refractivity contribution in [3.05, 3.63) is 89.6 Å². The number of benzene rings is 2. The fourth-order valence-corrected chi connectivity index (χ4v) is 2.32. The number of hydrogen-bond donors (Lipinski definition) is 2. The van der Waals surface area contributed by atoms with Gasteiger partial charge in [0, 0.05) is 23.0 Å². The first-order valence-corrected chi connectivity index (χ1v) is 7.82. The van der Waals surface area contributed by atoms with Crippen LogP contribution in [-0.2, 0) is 0 Å². The summed E-state index contributed by atoms with van der Waals surface area (Å²) in [5.74, 6) is 0.0500. The molecule has 3 rings (SSSR count). The van der Waals surface area contributed by atoms with Crippen LogP contribution in [0.15, 0.2) is 72.9 Å². The molecule has 2 amide bonds. The molecule has 124 valence electrons.